The van der Waals surface area contributed by atoms with E-state index in [1.807, 2.05) is 23.1 Å². The number of benzene rings is 2. The van der Waals surface area contributed by atoms with Crippen LogP contribution in [0.2, 0.25) is 0 Å². The molecule has 2 rings (SSSR count). The van der Waals surface area contributed by atoms with Crippen LogP contribution in [-0.4, -0.2) is 30.4 Å². The van der Waals surface area contributed by atoms with E-state index in [0.717, 1.165) is 31.5 Å². The van der Waals surface area contributed by atoms with Crippen LogP contribution in [0, 0.1) is 0 Å². The number of carbonyl (C=O) groups excluding carboxylic acids is 1. The van der Waals surface area contributed by atoms with Crippen LogP contribution < -0.4 is 5.73 Å². The highest BCUT2D eigenvalue weighted by Gasteiger charge is 2.12. The summed E-state index contributed by atoms with van der Waals surface area (Å²) in [7, 11) is 0. The quantitative estimate of drug-likeness (QED) is 0.849. The Morgan fingerprint density at radius 2 is 1.86 bits per heavy atom. The predicted octanol–water partition coefficient (Wildman–Crippen LogP) is 2.97. The summed E-state index contributed by atoms with van der Waals surface area (Å²) in [5, 5.41) is 2.40. The Labute approximate surface area is 126 Å². The van der Waals surface area contributed by atoms with Crippen molar-refractivity contribution in [3.05, 3.63) is 48.0 Å². The van der Waals surface area contributed by atoms with Gasteiger partial charge in [-0.15, -0.1) is 0 Å². The van der Waals surface area contributed by atoms with Crippen LogP contribution in [0.4, 0.5) is 0 Å². The molecule has 0 fully saturated rings. The molecule has 21 heavy (non-hydrogen) atoms. The number of rotatable bonds is 7. The van der Waals surface area contributed by atoms with Crippen molar-refractivity contribution >= 4 is 16.7 Å². The second-order valence-electron chi connectivity index (χ2n) is 5.38. The molecule has 0 aliphatic rings. The summed E-state index contributed by atoms with van der Waals surface area (Å²) >= 11 is 0. The molecule has 0 aliphatic heterocycles. The normalized spacial score (nSPS) is 10.8. The maximum Gasteiger partial charge on any atom is 0.226 e. The van der Waals surface area contributed by atoms with Gasteiger partial charge in [0.15, 0.2) is 0 Å². The number of fused-ring (bicyclic) bond motifs is 1. The standard InChI is InChI=1S/C18H24N2O/c1-2-11-20(12-5-10-19)18(21)14-15-8-9-16-6-3-4-7-17(16)13-15/h3-4,6-9,13H,2,5,10-12,14,19H2,1H3. The fourth-order valence-electron chi connectivity index (χ4n) is 2.55. The molecule has 0 aromatic heterocycles. The summed E-state index contributed by atoms with van der Waals surface area (Å²) in [5.41, 5.74) is 6.63. The zero-order valence-corrected chi connectivity index (χ0v) is 12.7. The van der Waals surface area contributed by atoms with Gasteiger partial charge in [-0.2, -0.15) is 0 Å². The molecule has 0 bridgehead atoms. The first-order valence-electron chi connectivity index (χ1n) is 7.70. The van der Waals surface area contributed by atoms with Crippen LogP contribution in [0.15, 0.2) is 42.5 Å². The minimum Gasteiger partial charge on any atom is -0.342 e. The molecule has 1 amide bonds. The van der Waals surface area contributed by atoms with Crippen molar-refractivity contribution in [1.29, 1.82) is 0 Å². The first-order valence-corrected chi connectivity index (χ1v) is 7.70. The van der Waals surface area contributed by atoms with Crippen LogP contribution in [0.5, 0.6) is 0 Å². The molecule has 112 valence electrons. The molecule has 0 unspecified atom stereocenters. The van der Waals surface area contributed by atoms with Gasteiger partial charge in [0.2, 0.25) is 5.91 Å². The van der Waals surface area contributed by atoms with E-state index in [1.54, 1.807) is 0 Å². The zero-order chi connectivity index (χ0) is 15.1. The van der Waals surface area contributed by atoms with E-state index >= 15 is 0 Å². The molecule has 0 saturated carbocycles. The molecular weight excluding hydrogens is 260 g/mol. The van der Waals surface area contributed by atoms with Gasteiger partial charge in [-0.3, -0.25) is 4.79 Å². The number of hydrogen-bond acceptors (Lipinski definition) is 2. The van der Waals surface area contributed by atoms with Crippen molar-refractivity contribution in [3.63, 3.8) is 0 Å². The number of amides is 1. The Kier molecular flexibility index (Phi) is 5.76. The Hall–Kier alpha value is -1.87. The number of nitrogens with zero attached hydrogens (tertiary/aromatic N) is 1. The molecule has 0 heterocycles. The van der Waals surface area contributed by atoms with Gasteiger partial charge in [0, 0.05) is 13.1 Å². The smallest absolute Gasteiger partial charge is 0.226 e. The second kappa shape index (κ2) is 7.79. The average molecular weight is 284 g/mol. The Morgan fingerprint density at radius 3 is 2.57 bits per heavy atom. The third-order valence-corrected chi connectivity index (χ3v) is 3.65. The van der Waals surface area contributed by atoms with E-state index in [9.17, 15) is 4.79 Å². The van der Waals surface area contributed by atoms with Crippen molar-refractivity contribution in [1.82, 2.24) is 4.90 Å². The van der Waals surface area contributed by atoms with Gasteiger partial charge in [0.05, 0.1) is 6.42 Å². The summed E-state index contributed by atoms with van der Waals surface area (Å²) in [6, 6.07) is 14.5. The maximum absolute atomic E-state index is 12.4. The SMILES string of the molecule is CCCN(CCCN)C(=O)Cc1ccc2ccccc2c1. The zero-order valence-electron chi connectivity index (χ0n) is 12.7. The van der Waals surface area contributed by atoms with E-state index in [2.05, 4.69) is 31.2 Å². The van der Waals surface area contributed by atoms with Crippen molar-refractivity contribution in [2.24, 2.45) is 5.73 Å². The number of hydrogen-bond donors (Lipinski definition) is 1. The summed E-state index contributed by atoms with van der Waals surface area (Å²) in [6.07, 6.45) is 2.31. The topological polar surface area (TPSA) is 46.3 Å². The minimum atomic E-state index is 0.195. The van der Waals surface area contributed by atoms with Crippen LogP contribution in [0.3, 0.4) is 0 Å². The highest BCUT2D eigenvalue weighted by molar-refractivity contribution is 5.85. The molecule has 2 aromatic rings. The summed E-state index contributed by atoms with van der Waals surface area (Å²) < 4.78 is 0. The fraction of sp³-hybridized carbons (Fsp3) is 0.389. The molecular formula is C18H24N2O. The van der Waals surface area contributed by atoms with Gasteiger partial charge in [-0.1, -0.05) is 49.4 Å². The highest BCUT2D eigenvalue weighted by Crippen LogP contribution is 2.16. The lowest BCUT2D eigenvalue weighted by Gasteiger charge is -2.22. The first kappa shape index (κ1) is 15.5. The lowest BCUT2D eigenvalue weighted by Crippen LogP contribution is -2.34. The van der Waals surface area contributed by atoms with Gasteiger partial charge in [0.25, 0.3) is 0 Å². The van der Waals surface area contributed by atoms with Crippen LogP contribution >= 0.6 is 0 Å². The third kappa shape index (κ3) is 4.30. The molecule has 3 heteroatoms. The molecule has 0 aliphatic carbocycles. The Morgan fingerprint density at radius 1 is 1.10 bits per heavy atom. The molecule has 2 N–H and O–H groups in total. The molecule has 0 atom stereocenters. The summed E-state index contributed by atoms with van der Waals surface area (Å²) in [6.45, 7) is 4.30. The van der Waals surface area contributed by atoms with E-state index in [0.29, 0.717) is 13.0 Å². The van der Waals surface area contributed by atoms with Gasteiger partial charge in [-0.05, 0) is 35.7 Å². The van der Waals surface area contributed by atoms with E-state index in [1.165, 1.54) is 10.8 Å². The van der Waals surface area contributed by atoms with Crippen molar-refractivity contribution < 1.29 is 4.79 Å². The monoisotopic (exact) mass is 284 g/mol. The lowest BCUT2D eigenvalue weighted by molar-refractivity contribution is -0.130. The van der Waals surface area contributed by atoms with Crippen molar-refractivity contribution in [2.75, 3.05) is 19.6 Å². The van der Waals surface area contributed by atoms with E-state index in [4.69, 9.17) is 5.73 Å². The van der Waals surface area contributed by atoms with Crippen molar-refractivity contribution in [3.8, 4) is 0 Å². The second-order valence-corrected chi connectivity index (χ2v) is 5.38. The largest absolute Gasteiger partial charge is 0.342 e. The summed E-state index contributed by atoms with van der Waals surface area (Å²) in [5.74, 6) is 0.195. The third-order valence-electron chi connectivity index (χ3n) is 3.65. The molecule has 3 nitrogen and oxygen atoms in total. The van der Waals surface area contributed by atoms with Crippen LogP contribution in [-0.2, 0) is 11.2 Å². The maximum atomic E-state index is 12.4. The molecule has 2 aromatic carbocycles. The van der Waals surface area contributed by atoms with Crippen LogP contribution in [0.25, 0.3) is 10.8 Å². The van der Waals surface area contributed by atoms with Gasteiger partial charge >= 0.3 is 0 Å². The Balaban J connectivity index is 2.08. The fourth-order valence-corrected chi connectivity index (χ4v) is 2.55. The molecule has 0 radical (unpaired) electrons. The summed E-state index contributed by atoms with van der Waals surface area (Å²) in [4.78, 5) is 14.4. The number of nitrogens with two attached hydrogens (primary N) is 1. The van der Waals surface area contributed by atoms with Gasteiger partial charge in [0.1, 0.15) is 0 Å². The first-order chi connectivity index (χ1) is 10.2. The lowest BCUT2D eigenvalue weighted by atomic mass is 10.0. The van der Waals surface area contributed by atoms with Gasteiger partial charge in [-0.25, -0.2) is 0 Å². The predicted molar refractivity (Wildman–Crippen MR) is 88.2 cm³/mol. The van der Waals surface area contributed by atoms with Crippen molar-refractivity contribution in [2.45, 2.75) is 26.2 Å². The molecule has 0 saturated heterocycles. The van der Waals surface area contributed by atoms with Crippen LogP contribution in [0.1, 0.15) is 25.3 Å². The van der Waals surface area contributed by atoms with Gasteiger partial charge < -0.3 is 10.6 Å². The highest BCUT2D eigenvalue weighted by atomic mass is 16.2. The average Bonchev–Trinajstić information content (AvgIpc) is 2.51. The van der Waals surface area contributed by atoms with E-state index in [-0.39, 0.29) is 5.91 Å². The van der Waals surface area contributed by atoms with E-state index < -0.39 is 0 Å². The molecule has 0 spiro atoms. The number of carbonyl (C=O) groups is 1. The minimum absolute atomic E-state index is 0.195. The Bertz CT molecular complexity index is 595.